The lowest BCUT2D eigenvalue weighted by Crippen LogP contribution is -2.46. The highest BCUT2D eigenvalue weighted by Gasteiger charge is 2.33. The number of nitrogens with zero attached hydrogens (tertiary/aromatic N) is 2. The van der Waals surface area contributed by atoms with Crippen molar-refractivity contribution in [1.29, 1.82) is 0 Å². The monoisotopic (exact) mass is 387 g/mol. The van der Waals surface area contributed by atoms with Gasteiger partial charge in [0.25, 0.3) is 0 Å². The zero-order valence-electron chi connectivity index (χ0n) is 16.0. The van der Waals surface area contributed by atoms with E-state index in [0.717, 1.165) is 38.4 Å². The van der Waals surface area contributed by atoms with Crippen LogP contribution in [-0.2, 0) is 11.0 Å². The van der Waals surface area contributed by atoms with Crippen LogP contribution in [0.2, 0.25) is 0 Å². The van der Waals surface area contributed by atoms with Gasteiger partial charge >= 0.3 is 6.18 Å². The first-order valence-corrected chi connectivity index (χ1v) is 9.21. The molecule has 8 heteroatoms. The second-order valence-corrected chi connectivity index (χ2v) is 7.90. The molecular formula is C19H28F3N3O2. The fourth-order valence-electron chi connectivity index (χ4n) is 3.58. The summed E-state index contributed by atoms with van der Waals surface area (Å²) in [4.78, 5) is 17.0. The first-order valence-electron chi connectivity index (χ1n) is 9.21. The van der Waals surface area contributed by atoms with E-state index < -0.39 is 18.0 Å². The molecule has 1 fully saturated rings. The molecule has 2 rings (SSSR count). The highest BCUT2D eigenvalue weighted by atomic mass is 19.4. The molecule has 0 spiro atoms. The number of halogens is 3. The van der Waals surface area contributed by atoms with Crippen LogP contribution in [0, 0.1) is 5.92 Å². The molecule has 2 heterocycles. The lowest BCUT2D eigenvalue weighted by molar-refractivity contribution is -0.141. The first kappa shape index (κ1) is 21.6. The molecule has 2 atom stereocenters. The van der Waals surface area contributed by atoms with Gasteiger partial charge in [-0.3, -0.25) is 4.79 Å². The molecule has 1 saturated heterocycles. The van der Waals surface area contributed by atoms with E-state index in [0.29, 0.717) is 5.92 Å². The minimum Gasteiger partial charge on any atom is -0.385 e. The summed E-state index contributed by atoms with van der Waals surface area (Å²) in [6.07, 6.45) is -2.86. The van der Waals surface area contributed by atoms with Crippen molar-refractivity contribution in [1.82, 2.24) is 15.2 Å². The largest absolute Gasteiger partial charge is 0.433 e. The number of amides is 1. The van der Waals surface area contributed by atoms with Crippen LogP contribution in [0.15, 0.2) is 18.2 Å². The Hall–Kier alpha value is -1.67. The Kier molecular flexibility index (Phi) is 6.86. The van der Waals surface area contributed by atoms with E-state index in [4.69, 9.17) is 0 Å². The fraction of sp³-hybridized carbons (Fsp3) is 0.684. The molecule has 1 aliphatic heterocycles. The molecular weight excluding hydrogens is 359 g/mol. The number of rotatable bonds is 6. The van der Waals surface area contributed by atoms with Crippen LogP contribution in [0.4, 0.5) is 13.2 Å². The third-order valence-corrected chi connectivity index (χ3v) is 4.94. The third-order valence-electron chi connectivity index (χ3n) is 4.94. The Morgan fingerprint density at radius 3 is 2.74 bits per heavy atom. The summed E-state index contributed by atoms with van der Waals surface area (Å²) in [6, 6.07) is 3.52. The summed E-state index contributed by atoms with van der Waals surface area (Å²) in [5.41, 5.74) is -1.34. The normalized spacial score (nSPS) is 19.8. The Morgan fingerprint density at radius 1 is 1.41 bits per heavy atom. The van der Waals surface area contributed by atoms with Gasteiger partial charge in [-0.2, -0.15) is 13.2 Å². The summed E-state index contributed by atoms with van der Waals surface area (Å²) in [7, 11) is 0. The fourth-order valence-corrected chi connectivity index (χ4v) is 3.58. The van der Waals surface area contributed by atoms with Crippen molar-refractivity contribution in [3.63, 3.8) is 0 Å². The van der Waals surface area contributed by atoms with E-state index >= 15 is 0 Å². The number of piperidine rings is 1. The topological polar surface area (TPSA) is 65.5 Å². The summed E-state index contributed by atoms with van der Waals surface area (Å²) in [6.45, 7) is 7.17. The van der Waals surface area contributed by atoms with Crippen molar-refractivity contribution in [3.8, 4) is 0 Å². The minimum atomic E-state index is -4.54. The second kappa shape index (κ2) is 8.56. The molecule has 0 radical (unpaired) electrons. The number of pyridine rings is 1. The number of alkyl halides is 3. The Bertz CT molecular complexity index is 649. The molecule has 27 heavy (non-hydrogen) atoms. The second-order valence-electron chi connectivity index (χ2n) is 7.90. The number of carbonyl (C=O) groups excluding carboxylic acids is 1. The average Bonchev–Trinajstić information content (AvgIpc) is 2.59. The molecule has 0 saturated carbocycles. The van der Waals surface area contributed by atoms with Crippen LogP contribution in [0.3, 0.4) is 0 Å². The zero-order valence-corrected chi connectivity index (χ0v) is 16.0. The van der Waals surface area contributed by atoms with Gasteiger partial charge in [-0.1, -0.05) is 6.07 Å². The average molecular weight is 387 g/mol. The number of likely N-dealkylation sites (tertiary alicyclic amines) is 1. The maximum absolute atomic E-state index is 12.8. The van der Waals surface area contributed by atoms with Gasteiger partial charge in [0.2, 0.25) is 5.91 Å². The van der Waals surface area contributed by atoms with Crippen LogP contribution < -0.4 is 5.32 Å². The number of aromatic nitrogens is 1. The van der Waals surface area contributed by atoms with Gasteiger partial charge in [-0.15, -0.1) is 0 Å². The van der Waals surface area contributed by atoms with E-state index in [2.05, 4.69) is 10.3 Å². The summed E-state index contributed by atoms with van der Waals surface area (Å²) < 4.78 is 38.3. The third kappa shape index (κ3) is 6.46. The van der Waals surface area contributed by atoms with Crippen molar-refractivity contribution in [2.75, 3.05) is 19.6 Å². The SMILES string of the molecule is CC(=O)N1CCC[C@@H](CC(C)(C)NC[C@H](O)c2cccc(C(F)(F)F)n2)C1. The zero-order chi connectivity index (χ0) is 20.2. The Balaban J connectivity index is 1.91. The maximum Gasteiger partial charge on any atom is 0.433 e. The maximum atomic E-state index is 12.8. The molecule has 0 bridgehead atoms. The molecule has 2 N–H and O–H groups in total. The molecule has 5 nitrogen and oxygen atoms in total. The van der Waals surface area contributed by atoms with Gasteiger partial charge in [0.1, 0.15) is 11.8 Å². The predicted octanol–water partition coefficient (Wildman–Crippen LogP) is 3.15. The minimum absolute atomic E-state index is 0.00598. The molecule has 1 aromatic heterocycles. The smallest absolute Gasteiger partial charge is 0.385 e. The van der Waals surface area contributed by atoms with Gasteiger partial charge in [0.15, 0.2) is 0 Å². The van der Waals surface area contributed by atoms with E-state index in [9.17, 15) is 23.1 Å². The van der Waals surface area contributed by atoms with Gasteiger partial charge < -0.3 is 15.3 Å². The van der Waals surface area contributed by atoms with Crippen molar-refractivity contribution in [3.05, 3.63) is 29.6 Å². The van der Waals surface area contributed by atoms with E-state index in [1.54, 1.807) is 6.92 Å². The van der Waals surface area contributed by atoms with Crippen molar-refractivity contribution in [2.45, 2.75) is 57.9 Å². The molecule has 1 aliphatic rings. The Morgan fingerprint density at radius 2 is 2.11 bits per heavy atom. The molecule has 1 aromatic rings. The van der Waals surface area contributed by atoms with Gasteiger partial charge in [-0.05, 0) is 51.2 Å². The first-order chi connectivity index (χ1) is 12.5. The number of nitrogens with one attached hydrogen (secondary N) is 1. The molecule has 1 amide bonds. The van der Waals surface area contributed by atoms with Crippen molar-refractivity contribution < 1.29 is 23.1 Å². The van der Waals surface area contributed by atoms with Crippen LogP contribution >= 0.6 is 0 Å². The number of hydrogen-bond donors (Lipinski definition) is 2. The van der Waals surface area contributed by atoms with Crippen molar-refractivity contribution in [2.24, 2.45) is 5.92 Å². The summed E-state index contributed by atoms with van der Waals surface area (Å²) >= 11 is 0. The lowest BCUT2D eigenvalue weighted by Gasteiger charge is -2.37. The molecule has 0 aromatic carbocycles. The number of carbonyl (C=O) groups is 1. The summed E-state index contributed by atoms with van der Waals surface area (Å²) in [5.74, 6) is 0.436. The van der Waals surface area contributed by atoms with Crippen LogP contribution in [-0.4, -0.2) is 46.1 Å². The summed E-state index contributed by atoms with van der Waals surface area (Å²) in [5, 5.41) is 13.5. The number of hydrogen-bond acceptors (Lipinski definition) is 4. The molecule has 0 aliphatic carbocycles. The number of β-amino-alcohol motifs (C(OH)–C–C–N with tert-alkyl or cyclic N) is 1. The van der Waals surface area contributed by atoms with Crippen LogP contribution in [0.25, 0.3) is 0 Å². The number of aliphatic hydroxyl groups is 1. The van der Waals surface area contributed by atoms with Gasteiger partial charge in [0.05, 0.1) is 5.69 Å². The van der Waals surface area contributed by atoms with Gasteiger partial charge in [0, 0.05) is 32.1 Å². The highest BCUT2D eigenvalue weighted by Crippen LogP contribution is 2.29. The van der Waals surface area contributed by atoms with Crippen LogP contribution in [0.1, 0.15) is 57.5 Å². The number of aliphatic hydroxyl groups excluding tert-OH is 1. The molecule has 0 unspecified atom stereocenters. The Labute approximate surface area is 158 Å². The van der Waals surface area contributed by atoms with Crippen molar-refractivity contribution >= 4 is 5.91 Å². The van der Waals surface area contributed by atoms with E-state index in [1.165, 1.54) is 12.1 Å². The lowest BCUT2D eigenvalue weighted by atomic mass is 9.85. The van der Waals surface area contributed by atoms with Crippen LogP contribution in [0.5, 0.6) is 0 Å². The molecule has 152 valence electrons. The highest BCUT2D eigenvalue weighted by molar-refractivity contribution is 5.73. The standard InChI is InChI=1S/C19H28F3N3O2/c1-13(26)25-9-5-6-14(12-25)10-18(2,3)23-11-16(27)15-7-4-8-17(24-15)19(20,21)22/h4,7-8,14,16,23,27H,5-6,9-12H2,1-3H3/t14-,16-/m0/s1. The quantitative estimate of drug-likeness (QED) is 0.787. The van der Waals surface area contributed by atoms with E-state index in [-0.39, 0.29) is 23.7 Å². The predicted molar refractivity (Wildman–Crippen MR) is 95.9 cm³/mol. The van der Waals surface area contributed by atoms with Gasteiger partial charge in [-0.25, -0.2) is 4.98 Å². The van der Waals surface area contributed by atoms with E-state index in [1.807, 2.05) is 18.7 Å².